The minimum absolute atomic E-state index is 0. The molecule has 0 aliphatic heterocycles. The van der Waals surface area contributed by atoms with Crippen molar-refractivity contribution in [1.82, 2.24) is 20.6 Å². The van der Waals surface area contributed by atoms with E-state index >= 15 is 0 Å². The molecule has 1 fully saturated rings. The van der Waals surface area contributed by atoms with Gasteiger partial charge in [-0.25, -0.2) is 9.97 Å². The van der Waals surface area contributed by atoms with Crippen LogP contribution < -0.4 is 16.0 Å². The first kappa shape index (κ1) is 29.9. The van der Waals surface area contributed by atoms with Gasteiger partial charge in [-0.3, -0.25) is 10.2 Å². The summed E-state index contributed by atoms with van der Waals surface area (Å²) >= 11 is 0. The third kappa shape index (κ3) is 7.96. The number of aromatic nitrogens is 2. The van der Waals surface area contributed by atoms with Crippen LogP contribution in [-0.2, 0) is 4.74 Å². The summed E-state index contributed by atoms with van der Waals surface area (Å²) in [6.07, 6.45) is 4.24. The van der Waals surface area contributed by atoms with Crippen molar-refractivity contribution < 1.29 is 9.53 Å². The molecule has 3 rings (SSSR count). The molecule has 0 bridgehead atoms. The van der Waals surface area contributed by atoms with E-state index in [2.05, 4.69) is 25.9 Å². The van der Waals surface area contributed by atoms with Crippen LogP contribution in [0.3, 0.4) is 0 Å². The Morgan fingerprint density at radius 3 is 2.50 bits per heavy atom. The van der Waals surface area contributed by atoms with E-state index < -0.39 is 0 Å². The van der Waals surface area contributed by atoms with Crippen LogP contribution in [0.4, 0.5) is 5.82 Å². The number of halogens is 2. The smallest absolute Gasteiger partial charge is 0.289 e. The van der Waals surface area contributed by atoms with Crippen LogP contribution in [0.5, 0.6) is 0 Å². The van der Waals surface area contributed by atoms with Crippen molar-refractivity contribution in [2.24, 2.45) is 5.41 Å². The van der Waals surface area contributed by atoms with E-state index in [4.69, 9.17) is 10.1 Å². The fourth-order valence-corrected chi connectivity index (χ4v) is 4.22. The second-order valence-corrected chi connectivity index (χ2v) is 9.61. The summed E-state index contributed by atoms with van der Waals surface area (Å²) in [6, 6.07) is 6.25. The second kappa shape index (κ2) is 13.1. The predicted molar refractivity (Wildman–Crippen MR) is 143 cm³/mol. The highest BCUT2D eigenvalue weighted by Gasteiger charge is 2.27. The van der Waals surface area contributed by atoms with E-state index in [9.17, 15) is 4.79 Å². The Morgan fingerprint density at radius 1 is 1.18 bits per heavy atom. The van der Waals surface area contributed by atoms with E-state index in [1.807, 2.05) is 39.0 Å². The molecule has 1 amide bonds. The topological polar surface area (TPSA) is 112 Å². The number of methoxy groups -OCH3 is 1. The molecule has 1 aromatic carbocycles. The number of amidine groups is 1. The molecule has 34 heavy (non-hydrogen) atoms. The number of ether oxygens (including phenoxy) is 1. The van der Waals surface area contributed by atoms with Crippen molar-refractivity contribution in [2.75, 3.05) is 25.6 Å². The van der Waals surface area contributed by atoms with Crippen LogP contribution in [0.15, 0.2) is 18.2 Å². The Kier molecular flexibility index (Phi) is 11.5. The molecule has 0 saturated heterocycles. The minimum atomic E-state index is -0.298. The van der Waals surface area contributed by atoms with Gasteiger partial charge in [0, 0.05) is 36.5 Å². The largest absolute Gasteiger partial charge is 0.384 e. The van der Waals surface area contributed by atoms with Gasteiger partial charge in [-0.1, -0.05) is 38.3 Å². The van der Waals surface area contributed by atoms with E-state index in [1.165, 1.54) is 0 Å². The summed E-state index contributed by atoms with van der Waals surface area (Å²) < 4.78 is 5.24. The maximum atomic E-state index is 12.9. The molecule has 8 nitrogen and oxygen atoms in total. The zero-order valence-corrected chi connectivity index (χ0v) is 22.3. The van der Waals surface area contributed by atoms with Crippen LogP contribution in [0, 0.1) is 17.7 Å². The highest BCUT2D eigenvalue weighted by atomic mass is 35.5. The van der Waals surface area contributed by atoms with Gasteiger partial charge in [0.1, 0.15) is 5.82 Å². The molecular weight excluding hydrogens is 475 g/mol. The van der Waals surface area contributed by atoms with Crippen molar-refractivity contribution in [1.29, 1.82) is 5.41 Å². The van der Waals surface area contributed by atoms with Crippen molar-refractivity contribution in [2.45, 2.75) is 65.5 Å². The van der Waals surface area contributed by atoms with Crippen molar-refractivity contribution in [3.63, 3.8) is 0 Å². The third-order valence-electron chi connectivity index (χ3n) is 5.81. The first-order valence-electron chi connectivity index (χ1n) is 11.3. The third-order valence-corrected chi connectivity index (χ3v) is 5.81. The highest BCUT2D eigenvalue weighted by Crippen LogP contribution is 2.27. The van der Waals surface area contributed by atoms with Crippen molar-refractivity contribution in [3.05, 3.63) is 29.6 Å². The molecule has 1 aromatic heterocycles. The number of carbonyl (C=O) groups is 1. The fourth-order valence-electron chi connectivity index (χ4n) is 4.22. The number of nitrogens with one attached hydrogen (secondary N) is 4. The molecule has 2 atom stereocenters. The average molecular weight is 514 g/mol. The lowest BCUT2D eigenvalue weighted by atomic mass is 9.90. The van der Waals surface area contributed by atoms with Crippen LogP contribution in [0.2, 0.25) is 0 Å². The molecule has 190 valence electrons. The van der Waals surface area contributed by atoms with E-state index in [0.717, 1.165) is 42.1 Å². The van der Waals surface area contributed by atoms with Crippen LogP contribution >= 0.6 is 24.8 Å². The maximum Gasteiger partial charge on any atom is 0.289 e. The van der Waals surface area contributed by atoms with Gasteiger partial charge in [0.2, 0.25) is 5.82 Å². The van der Waals surface area contributed by atoms with Gasteiger partial charge in [0.05, 0.1) is 18.0 Å². The number of aryl methyl sites for hydroxylation is 1. The second-order valence-electron chi connectivity index (χ2n) is 9.61. The predicted octanol–water partition coefficient (Wildman–Crippen LogP) is 4.49. The molecule has 10 heteroatoms. The summed E-state index contributed by atoms with van der Waals surface area (Å²) in [5.41, 5.74) is 1.65. The SMILES string of the molecule is COCC(C)(C)CNC(=O)c1nc(N[C@H]2CCCC[C@H]2NC(C)=N)c2cc(C)ccc2n1.Cl.Cl. The van der Waals surface area contributed by atoms with E-state index in [-0.39, 0.29) is 54.0 Å². The molecule has 1 aliphatic carbocycles. The van der Waals surface area contributed by atoms with Gasteiger partial charge in [-0.05, 0) is 38.8 Å². The molecule has 2 aromatic rings. The maximum absolute atomic E-state index is 12.9. The number of rotatable bonds is 8. The lowest BCUT2D eigenvalue weighted by Crippen LogP contribution is -2.48. The number of hydrogen-bond acceptors (Lipinski definition) is 6. The lowest BCUT2D eigenvalue weighted by Gasteiger charge is -2.33. The molecule has 4 N–H and O–H groups in total. The fraction of sp³-hybridized carbons (Fsp3) is 0.583. The Labute approximate surface area is 214 Å². The highest BCUT2D eigenvalue weighted by molar-refractivity contribution is 5.96. The van der Waals surface area contributed by atoms with Crippen LogP contribution in [-0.4, -0.2) is 54.1 Å². The normalized spacial score (nSPS) is 17.8. The van der Waals surface area contributed by atoms with Gasteiger partial charge in [0.25, 0.3) is 5.91 Å². The monoisotopic (exact) mass is 512 g/mol. The summed E-state index contributed by atoms with van der Waals surface area (Å²) in [5.74, 6) is 0.987. The minimum Gasteiger partial charge on any atom is -0.384 e. The molecule has 1 saturated carbocycles. The Bertz CT molecular complexity index is 985. The zero-order chi connectivity index (χ0) is 23.3. The number of benzene rings is 1. The van der Waals surface area contributed by atoms with Gasteiger partial charge < -0.3 is 20.7 Å². The number of fused-ring (bicyclic) bond motifs is 1. The Morgan fingerprint density at radius 2 is 1.85 bits per heavy atom. The van der Waals surface area contributed by atoms with Gasteiger partial charge in [-0.2, -0.15) is 0 Å². The number of amides is 1. The summed E-state index contributed by atoms with van der Waals surface area (Å²) in [6.45, 7) is 8.88. The molecule has 0 spiro atoms. The first-order valence-corrected chi connectivity index (χ1v) is 11.3. The molecule has 1 aliphatic rings. The number of carbonyl (C=O) groups excluding carboxylic acids is 1. The van der Waals surface area contributed by atoms with Gasteiger partial charge >= 0.3 is 0 Å². The quantitative estimate of drug-likeness (QED) is 0.306. The lowest BCUT2D eigenvalue weighted by molar-refractivity contribution is 0.0839. The standard InChI is InChI=1S/C24H36N6O2.2ClH/c1-15-10-11-18-17(12-15)21(29-20-9-7-6-8-19(20)27-16(2)25)30-22(28-18)23(31)26-13-24(3,4)14-32-5;;/h10-12,19-20H,6-9,13-14H2,1-5H3,(H2,25,27)(H,26,31)(H,28,29,30);2*1H/t19-,20+;;/m1../s1. The summed E-state index contributed by atoms with van der Waals surface area (Å²) in [5, 5.41) is 18.6. The Balaban J connectivity index is 0.00000289. The molecule has 1 heterocycles. The number of hydrogen-bond donors (Lipinski definition) is 4. The molecule has 0 radical (unpaired) electrons. The van der Waals surface area contributed by atoms with Gasteiger partial charge in [-0.15, -0.1) is 24.8 Å². The molecular formula is C24H38Cl2N6O2. The number of nitrogens with zero attached hydrogens (tertiary/aromatic N) is 2. The van der Waals surface area contributed by atoms with Gasteiger partial charge in [0.15, 0.2) is 0 Å². The molecule has 0 unspecified atom stereocenters. The van der Waals surface area contributed by atoms with Crippen LogP contribution in [0.1, 0.15) is 62.6 Å². The summed E-state index contributed by atoms with van der Waals surface area (Å²) in [4.78, 5) is 22.1. The van der Waals surface area contributed by atoms with E-state index in [1.54, 1.807) is 14.0 Å². The summed E-state index contributed by atoms with van der Waals surface area (Å²) in [7, 11) is 1.66. The van der Waals surface area contributed by atoms with E-state index in [0.29, 0.717) is 24.8 Å². The number of anilines is 1. The van der Waals surface area contributed by atoms with Crippen molar-refractivity contribution in [3.8, 4) is 0 Å². The Hall–Kier alpha value is -2.16. The van der Waals surface area contributed by atoms with Crippen molar-refractivity contribution >= 4 is 53.3 Å². The first-order chi connectivity index (χ1) is 15.2. The zero-order valence-electron chi connectivity index (χ0n) is 20.7. The van der Waals surface area contributed by atoms with Crippen LogP contribution in [0.25, 0.3) is 10.9 Å². The average Bonchev–Trinajstić information content (AvgIpc) is 2.73.